The van der Waals surface area contributed by atoms with Crippen molar-refractivity contribution in [3.8, 4) is 0 Å². The number of carbonyl (C=O) groups is 1. The lowest BCUT2D eigenvalue weighted by molar-refractivity contribution is -0.118. The maximum absolute atomic E-state index is 13.3. The summed E-state index contributed by atoms with van der Waals surface area (Å²) in [7, 11) is 0. The Labute approximate surface area is 98.4 Å². The van der Waals surface area contributed by atoms with E-state index in [1.54, 1.807) is 13.0 Å². The predicted octanol–water partition coefficient (Wildman–Crippen LogP) is 2.89. The van der Waals surface area contributed by atoms with Crippen LogP contribution >= 0.6 is 23.2 Å². The number of amides is 1. The smallest absolute Gasteiger partial charge is 0.235 e. The Morgan fingerprint density at radius 3 is 2.67 bits per heavy atom. The largest absolute Gasteiger partial charge is 0.351 e. The van der Waals surface area contributed by atoms with Gasteiger partial charge >= 0.3 is 0 Å². The zero-order valence-corrected chi connectivity index (χ0v) is 9.83. The molecule has 2 nitrogen and oxygen atoms in total. The molecule has 0 aliphatic rings. The van der Waals surface area contributed by atoms with E-state index in [1.165, 1.54) is 6.08 Å². The first-order chi connectivity index (χ1) is 7.02. The van der Waals surface area contributed by atoms with E-state index in [4.69, 9.17) is 23.2 Å². The topological polar surface area (TPSA) is 29.1 Å². The number of alkyl halides is 1. The molecular formula is C10H12Cl2FNO. The predicted molar refractivity (Wildman–Crippen MR) is 61.7 cm³/mol. The number of halogens is 3. The molecule has 0 atom stereocenters. The molecule has 0 rings (SSSR count). The molecule has 1 N–H and O–H groups in total. The van der Waals surface area contributed by atoms with Crippen LogP contribution in [-0.4, -0.2) is 18.3 Å². The van der Waals surface area contributed by atoms with Crippen molar-refractivity contribution < 1.29 is 9.18 Å². The molecule has 84 valence electrons. The standard InChI is InChI=1S/C10H12Cl2FNO/c1-3-4-8(12)10(13)7(2)6-14-9(15)5-11/h3-4H,2,5-6H2,1H3,(H,14,15)/b4-3-,10-8-. The molecule has 0 saturated heterocycles. The average molecular weight is 252 g/mol. The molecule has 0 saturated carbocycles. The van der Waals surface area contributed by atoms with Crippen molar-refractivity contribution >= 4 is 29.1 Å². The van der Waals surface area contributed by atoms with Crippen molar-refractivity contribution in [2.24, 2.45) is 0 Å². The molecule has 0 aliphatic carbocycles. The minimum Gasteiger partial charge on any atom is -0.351 e. The molecule has 1 amide bonds. The summed E-state index contributed by atoms with van der Waals surface area (Å²) in [5.41, 5.74) is 0.108. The van der Waals surface area contributed by atoms with Crippen LogP contribution in [0.15, 0.2) is 35.2 Å². The van der Waals surface area contributed by atoms with Gasteiger partial charge in [0.1, 0.15) is 11.7 Å². The van der Waals surface area contributed by atoms with E-state index < -0.39 is 5.83 Å². The van der Waals surface area contributed by atoms with Crippen LogP contribution in [0.1, 0.15) is 6.92 Å². The van der Waals surface area contributed by atoms with Gasteiger partial charge < -0.3 is 5.32 Å². The highest BCUT2D eigenvalue weighted by atomic mass is 35.5. The van der Waals surface area contributed by atoms with Crippen molar-refractivity contribution in [1.29, 1.82) is 0 Å². The van der Waals surface area contributed by atoms with Crippen LogP contribution in [0.25, 0.3) is 0 Å². The van der Waals surface area contributed by atoms with Crippen molar-refractivity contribution in [1.82, 2.24) is 5.32 Å². The van der Waals surface area contributed by atoms with E-state index in [1.807, 2.05) is 0 Å². The maximum Gasteiger partial charge on any atom is 0.235 e. The third kappa shape index (κ3) is 5.60. The van der Waals surface area contributed by atoms with E-state index in [-0.39, 0.29) is 28.9 Å². The number of hydrogen-bond donors (Lipinski definition) is 1. The van der Waals surface area contributed by atoms with Crippen molar-refractivity contribution in [2.75, 3.05) is 12.4 Å². The van der Waals surface area contributed by atoms with E-state index in [0.717, 1.165) is 0 Å². The van der Waals surface area contributed by atoms with Gasteiger partial charge in [0, 0.05) is 12.1 Å². The summed E-state index contributed by atoms with van der Waals surface area (Å²) in [6, 6.07) is 0. The number of rotatable bonds is 5. The van der Waals surface area contributed by atoms with Crippen LogP contribution in [0, 0.1) is 0 Å². The molecule has 0 spiro atoms. The first kappa shape index (κ1) is 14.2. The lowest BCUT2D eigenvalue weighted by Crippen LogP contribution is -2.26. The molecule has 5 heteroatoms. The fourth-order valence-corrected chi connectivity index (χ4v) is 1.07. The number of carbonyl (C=O) groups excluding carboxylic acids is 1. The Bertz CT molecular complexity index is 311. The van der Waals surface area contributed by atoms with Crippen LogP contribution in [-0.2, 0) is 4.79 Å². The zero-order valence-electron chi connectivity index (χ0n) is 8.32. The minimum atomic E-state index is -0.635. The van der Waals surface area contributed by atoms with Gasteiger partial charge in [-0.2, -0.15) is 0 Å². The Morgan fingerprint density at radius 2 is 2.20 bits per heavy atom. The first-order valence-electron chi connectivity index (χ1n) is 4.21. The van der Waals surface area contributed by atoms with Gasteiger partial charge in [-0.05, 0) is 13.0 Å². The highest BCUT2D eigenvalue weighted by molar-refractivity contribution is 6.31. The van der Waals surface area contributed by atoms with Gasteiger partial charge in [-0.25, -0.2) is 4.39 Å². The lowest BCUT2D eigenvalue weighted by atomic mass is 10.2. The molecule has 0 aromatic rings. The number of nitrogens with one attached hydrogen (secondary N) is 1. The number of hydrogen-bond acceptors (Lipinski definition) is 1. The molecule has 0 aromatic carbocycles. The SMILES string of the molecule is C=C(CNC(=O)CCl)/C(F)=C(Cl)\C=C/C. The van der Waals surface area contributed by atoms with Gasteiger partial charge in [0.2, 0.25) is 5.91 Å². The van der Waals surface area contributed by atoms with Gasteiger partial charge in [0.05, 0.1) is 5.03 Å². The van der Waals surface area contributed by atoms with Gasteiger partial charge in [0.25, 0.3) is 0 Å². The Hall–Kier alpha value is -0.800. The molecule has 0 heterocycles. The Kier molecular flexibility index (Phi) is 7.09. The average Bonchev–Trinajstić information content (AvgIpc) is 2.24. The highest BCUT2D eigenvalue weighted by Gasteiger charge is 2.07. The third-order valence-electron chi connectivity index (χ3n) is 1.45. The van der Waals surface area contributed by atoms with Crippen LogP contribution in [0.3, 0.4) is 0 Å². The van der Waals surface area contributed by atoms with Crippen LogP contribution in [0.2, 0.25) is 0 Å². The van der Waals surface area contributed by atoms with Gasteiger partial charge in [-0.15, -0.1) is 11.6 Å². The van der Waals surface area contributed by atoms with Crippen molar-refractivity contribution in [2.45, 2.75) is 6.92 Å². The molecule has 0 radical (unpaired) electrons. The Balaban J connectivity index is 4.34. The van der Waals surface area contributed by atoms with Crippen LogP contribution in [0.4, 0.5) is 4.39 Å². The monoisotopic (exact) mass is 251 g/mol. The van der Waals surface area contributed by atoms with Gasteiger partial charge in [0.15, 0.2) is 0 Å². The molecule has 0 aromatic heterocycles. The van der Waals surface area contributed by atoms with E-state index in [0.29, 0.717) is 0 Å². The fourth-order valence-electron chi connectivity index (χ4n) is 0.718. The minimum absolute atomic E-state index is 0.00877. The highest BCUT2D eigenvalue weighted by Crippen LogP contribution is 2.18. The second-order valence-corrected chi connectivity index (χ2v) is 3.35. The second-order valence-electron chi connectivity index (χ2n) is 2.68. The summed E-state index contributed by atoms with van der Waals surface area (Å²) in [5.74, 6) is -1.18. The normalized spacial score (nSPS) is 12.5. The summed E-state index contributed by atoms with van der Waals surface area (Å²) < 4.78 is 13.3. The van der Waals surface area contributed by atoms with E-state index in [9.17, 15) is 9.18 Å². The van der Waals surface area contributed by atoms with Crippen molar-refractivity contribution in [3.63, 3.8) is 0 Å². The summed E-state index contributed by atoms with van der Waals surface area (Å²) in [6.07, 6.45) is 3.01. The third-order valence-corrected chi connectivity index (χ3v) is 1.99. The van der Waals surface area contributed by atoms with E-state index >= 15 is 0 Å². The van der Waals surface area contributed by atoms with Gasteiger partial charge in [-0.1, -0.05) is 24.3 Å². The van der Waals surface area contributed by atoms with Gasteiger partial charge in [-0.3, -0.25) is 4.79 Å². The zero-order chi connectivity index (χ0) is 11.8. The molecule has 0 bridgehead atoms. The quantitative estimate of drug-likeness (QED) is 0.591. The molecule has 15 heavy (non-hydrogen) atoms. The summed E-state index contributed by atoms with van der Waals surface area (Å²) in [5, 5.41) is 2.34. The van der Waals surface area contributed by atoms with Crippen LogP contribution < -0.4 is 5.32 Å². The molecule has 0 aliphatic heterocycles. The summed E-state index contributed by atoms with van der Waals surface area (Å²) in [6.45, 7) is 5.16. The van der Waals surface area contributed by atoms with E-state index in [2.05, 4.69) is 11.9 Å². The Morgan fingerprint density at radius 1 is 1.60 bits per heavy atom. The van der Waals surface area contributed by atoms with Crippen LogP contribution in [0.5, 0.6) is 0 Å². The molecular weight excluding hydrogens is 240 g/mol. The summed E-state index contributed by atoms with van der Waals surface area (Å²) in [4.78, 5) is 10.8. The summed E-state index contributed by atoms with van der Waals surface area (Å²) >= 11 is 10.8. The second kappa shape index (κ2) is 7.49. The fraction of sp³-hybridized carbons (Fsp3) is 0.300. The lowest BCUT2D eigenvalue weighted by Gasteiger charge is -2.05. The molecule has 0 fully saturated rings. The van der Waals surface area contributed by atoms with Crippen molar-refractivity contribution in [3.05, 3.63) is 35.2 Å². The number of allylic oxidation sites excluding steroid dienone is 3. The molecule has 0 unspecified atom stereocenters. The first-order valence-corrected chi connectivity index (χ1v) is 5.13. The maximum atomic E-state index is 13.3.